The Morgan fingerprint density at radius 3 is 2.00 bits per heavy atom. The van der Waals surface area contributed by atoms with Crippen molar-refractivity contribution in [3.8, 4) is 5.75 Å². The number of methoxy groups -OCH3 is 1. The molecule has 1 atom stereocenters. The zero-order chi connectivity index (χ0) is 14.7. The Morgan fingerprint density at radius 2 is 1.50 bits per heavy atom. The number of benzene rings is 2. The van der Waals surface area contributed by atoms with Crippen LogP contribution in [0.2, 0.25) is 5.02 Å². The number of hydrogen-bond acceptors (Lipinski definition) is 1. The van der Waals surface area contributed by atoms with E-state index in [1.54, 1.807) is 7.11 Å². The van der Waals surface area contributed by atoms with Gasteiger partial charge in [0.05, 0.1) is 17.0 Å². The monoisotopic (exact) mass is 352 g/mol. The first-order valence-corrected chi connectivity index (χ1v) is 7.89. The quantitative estimate of drug-likeness (QED) is 0.616. The van der Waals surface area contributed by atoms with Crippen molar-refractivity contribution in [2.75, 3.05) is 7.11 Å². The second-order valence-electron chi connectivity index (χ2n) is 5.08. The van der Waals surface area contributed by atoms with Gasteiger partial charge in [0.1, 0.15) is 5.75 Å². The summed E-state index contributed by atoms with van der Waals surface area (Å²) in [7, 11) is 1.62. The minimum Gasteiger partial charge on any atom is -0.495 e. The smallest absolute Gasteiger partial charge is 0.137 e. The van der Waals surface area contributed by atoms with Crippen LogP contribution in [0.1, 0.15) is 41.3 Å². The second-order valence-corrected chi connectivity index (χ2v) is 6.40. The maximum Gasteiger partial charge on any atom is 0.137 e. The summed E-state index contributed by atoms with van der Waals surface area (Å²) < 4.78 is 5.18. The van der Waals surface area contributed by atoms with Crippen LogP contribution in [0, 0.1) is 0 Å². The maximum absolute atomic E-state index is 6.18. The van der Waals surface area contributed by atoms with E-state index < -0.39 is 0 Å². The first-order chi connectivity index (χ1) is 9.52. The molecular weight excluding hydrogens is 336 g/mol. The normalized spacial score (nSPS) is 12.5. The Kier molecular flexibility index (Phi) is 5.11. The van der Waals surface area contributed by atoms with Crippen LogP contribution in [0.15, 0.2) is 42.5 Å². The van der Waals surface area contributed by atoms with Crippen molar-refractivity contribution in [1.82, 2.24) is 0 Å². The van der Waals surface area contributed by atoms with E-state index in [1.807, 2.05) is 18.2 Å². The van der Waals surface area contributed by atoms with Crippen molar-refractivity contribution in [1.29, 1.82) is 0 Å². The van der Waals surface area contributed by atoms with E-state index in [1.165, 1.54) is 11.1 Å². The standard InChI is InChI=1S/C17H18BrClO/c1-11(2)12-4-6-13(7-5-12)17(18)14-8-9-16(20-3)15(19)10-14/h4-11,17H,1-3H3. The Bertz CT molecular complexity index is 578. The van der Waals surface area contributed by atoms with E-state index in [4.69, 9.17) is 16.3 Å². The lowest BCUT2D eigenvalue weighted by Gasteiger charge is -2.14. The van der Waals surface area contributed by atoms with Crippen LogP contribution in [-0.4, -0.2) is 7.11 Å². The van der Waals surface area contributed by atoms with E-state index in [0.29, 0.717) is 16.7 Å². The molecule has 0 N–H and O–H groups in total. The number of rotatable bonds is 4. The van der Waals surface area contributed by atoms with Gasteiger partial charge in [0.25, 0.3) is 0 Å². The number of alkyl halides is 1. The minimum atomic E-state index is 0.132. The first-order valence-electron chi connectivity index (χ1n) is 6.60. The Morgan fingerprint density at radius 1 is 0.950 bits per heavy atom. The van der Waals surface area contributed by atoms with Crippen LogP contribution >= 0.6 is 27.5 Å². The van der Waals surface area contributed by atoms with Crippen molar-refractivity contribution < 1.29 is 4.74 Å². The van der Waals surface area contributed by atoms with Crippen LogP contribution in [0.3, 0.4) is 0 Å². The Labute approximate surface area is 134 Å². The molecule has 20 heavy (non-hydrogen) atoms. The molecule has 2 aromatic carbocycles. The highest BCUT2D eigenvalue weighted by molar-refractivity contribution is 9.09. The molecule has 0 saturated heterocycles. The number of halogens is 2. The van der Waals surface area contributed by atoms with E-state index >= 15 is 0 Å². The summed E-state index contributed by atoms with van der Waals surface area (Å²) in [5.41, 5.74) is 3.69. The summed E-state index contributed by atoms with van der Waals surface area (Å²) in [6.45, 7) is 4.40. The van der Waals surface area contributed by atoms with Gasteiger partial charge in [0.15, 0.2) is 0 Å². The zero-order valence-corrected chi connectivity index (χ0v) is 14.2. The molecule has 106 valence electrons. The molecular formula is C17H18BrClO. The molecule has 0 aliphatic carbocycles. The molecule has 0 spiro atoms. The van der Waals surface area contributed by atoms with Gasteiger partial charge in [-0.1, -0.05) is 71.7 Å². The van der Waals surface area contributed by atoms with E-state index in [-0.39, 0.29) is 4.83 Å². The molecule has 0 radical (unpaired) electrons. The molecule has 0 saturated carbocycles. The second kappa shape index (κ2) is 6.64. The van der Waals surface area contributed by atoms with Gasteiger partial charge in [0, 0.05) is 0 Å². The highest BCUT2D eigenvalue weighted by atomic mass is 79.9. The lowest BCUT2D eigenvalue weighted by atomic mass is 9.99. The van der Waals surface area contributed by atoms with Crippen molar-refractivity contribution in [2.24, 2.45) is 0 Å². The van der Waals surface area contributed by atoms with Gasteiger partial charge in [-0.25, -0.2) is 0 Å². The summed E-state index contributed by atoms with van der Waals surface area (Å²) >= 11 is 9.92. The Balaban J connectivity index is 2.26. The zero-order valence-electron chi connectivity index (χ0n) is 11.9. The predicted molar refractivity (Wildman–Crippen MR) is 89.3 cm³/mol. The van der Waals surface area contributed by atoms with Crippen molar-refractivity contribution in [2.45, 2.75) is 24.6 Å². The van der Waals surface area contributed by atoms with E-state index in [2.05, 4.69) is 54.0 Å². The van der Waals surface area contributed by atoms with Gasteiger partial charge in [-0.15, -0.1) is 0 Å². The van der Waals surface area contributed by atoms with Gasteiger partial charge in [-0.05, 0) is 34.7 Å². The van der Waals surface area contributed by atoms with Crippen LogP contribution in [-0.2, 0) is 0 Å². The van der Waals surface area contributed by atoms with Crippen LogP contribution in [0.25, 0.3) is 0 Å². The molecule has 2 rings (SSSR count). The fourth-order valence-corrected chi connectivity index (χ4v) is 2.94. The van der Waals surface area contributed by atoms with Crippen molar-refractivity contribution in [3.05, 3.63) is 64.2 Å². The molecule has 0 aliphatic rings. The highest BCUT2D eigenvalue weighted by Gasteiger charge is 2.12. The fourth-order valence-electron chi connectivity index (χ4n) is 2.08. The number of ether oxygens (including phenoxy) is 1. The first kappa shape index (κ1) is 15.4. The van der Waals surface area contributed by atoms with Crippen molar-refractivity contribution in [3.63, 3.8) is 0 Å². The molecule has 0 aliphatic heterocycles. The minimum absolute atomic E-state index is 0.132. The summed E-state index contributed by atoms with van der Waals surface area (Å²) in [6, 6.07) is 14.5. The average molecular weight is 354 g/mol. The molecule has 1 nitrogen and oxygen atoms in total. The molecule has 0 aromatic heterocycles. The molecule has 0 heterocycles. The molecule has 2 aromatic rings. The van der Waals surface area contributed by atoms with E-state index in [0.717, 1.165) is 5.56 Å². The fraction of sp³-hybridized carbons (Fsp3) is 0.294. The maximum atomic E-state index is 6.18. The molecule has 0 bridgehead atoms. The largest absolute Gasteiger partial charge is 0.495 e. The summed E-state index contributed by atoms with van der Waals surface area (Å²) in [4.78, 5) is 0.132. The molecule has 1 unspecified atom stereocenters. The van der Waals surface area contributed by atoms with Gasteiger partial charge in [-0.3, -0.25) is 0 Å². The molecule has 3 heteroatoms. The third-order valence-electron chi connectivity index (χ3n) is 3.36. The van der Waals surface area contributed by atoms with Gasteiger partial charge in [0.2, 0.25) is 0 Å². The number of hydrogen-bond donors (Lipinski definition) is 0. The lowest BCUT2D eigenvalue weighted by Crippen LogP contribution is -1.95. The van der Waals surface area contributed by atoms with Crippen LogP contribution in [0.4, 0.5) is 0 Å². The van der Waals surface area contributed by atoms with Gasteiger partial charge >= 0.3 is 0 Å². The SMILES string of the molecule is COc1ccc(C(Br)c2ccc(C(C)C)cc2)cc1Cl. The third kappa shape index (κ3) is 3.36. The lowest BCUT2D eigenvalue weighted by molar-refractivity contribution is 0.415. The Hall–Kier alpha value is -0.990. The summed E-state index contributed by atoms with van der Waals surface area (Å²) in [6.07, 6.45) is 0. The van der Waals surface area contributed by atoms with Gasteiger partial charge in [-0.2, -0.15) is 0 Å². The third-order valence-corrected chi connectivity index (χ3v) is 4.72. The average Bonchev–Trinajstić information content (AvgIpc) is 2.46. The van der Waals surface area contributed by atoms with Crippen LogP contribution in [0.5, 0.6) is 5.75 Å². The summed E-state index contributed by atoms with van der Waals surface area (Å²) in [5.74, 6) is 1.25. The van der Waals surface area contributed by atoms with Crippen molar-refractivity contribution >= 4 is 27.5 Å². The van der Waals surface area contributed by atoms with Crippen LogP contribution < -0.4 is 4.74 Å². The van der Waals surface area contributed by atoms with Gasteiger partial charge < -0.3 is 4.74 Å². The summed E-state index contributed by atoms with van der Waals surface area (Å²) in [5, 5.41) is 0.633. The topological polar surface area (TPSA) is 9.23 Å². The predicted octanol–water partition coefficient (Wildman–Crippen LogP) is 5.96. The highest BCUT2D eigenvalue weighted by Crippen LogP contribution is 2.35. The van der Waals surface area contributed by atoms with E-state index in [9.17, 15) is 0 Å². The molecule has 0 fully saturated rings. The molecule has 0 amide bonds.